The van der Waals surface area contributed by atoms with Gasteiger partial charge in [0.1, 0.15) is 17.5 Å². The van der Waals surface area contributed by atoms with E-state index in [4.69, 9.17) is 20.9 Å². The van der Waals surface area contributed by atoms with Crippen LogP contribution in [-0.4, -0.2) is 37.1 Å². The molecule has 25 heavy (non-hydrogen) atoms. The first-order chi connectivity index (χ1) is 11.7. The summed E-state index contributed by atoms with van der Waals surface area (Å²) in [5.41, 5.74) is 0.956. The van der Waals surface area contributed by atoms with Crippen LogP contribution >= 0.6 is 11.6 Å². The molecule has 2 rings (SSSR count). The van der Waals surface area contributed by atoms with Gasteiger partial charge in [-0.1, -0.05) is 36.2 Å². The van der Waals surface area contributed by atoms with Crippen LogP contribution in [0.2, 0.25) is 5.15 Å². The molecule has 8 heteroatoms. The molecular formula is C17H23ClN2O4S. The van der Waals surface area contributed by atoms with E-state index >= 15 is 0 Å². The average Bonchev–Trinajstić information content (AvgIpc) is 2.55. The molecule has 0 bridgehead atoms. The maximum absolute atomic E-state index is 10.5. The molecule has 1 aromatic carbocycles. The number of nitrogens with one attached hydrogen (secondary N) is 1. The molecule has 0 aliphatic rings. The molecule has 6 nitrogen and oxygen atoms in total. The summed E-state index contributed by atoms with van der Waals surface area (Å²) in [4.78, 5) is 3.86. The molecule has 2 N–H and O–H groups in total. The zero-order valence-electron chi connectivity index (χ0n) is 14.4. The predicted octanol–water partition coefficient (Wildman–Crippen LogP) is 3.35. The molecule has 0 aliphatic heterocycles. The Bertz CT molecular complexity index is 734. The van der Waals surface area contributed by atoms with Crippen LogP contribution in [0.1, 0.15) is 19.4 Å². The molecule has 0 radical (unpaired) electrons. The number of halogens is 1. The van der Waals surface area contributed by atoms with Crippen molar-refractivity contribution < 1.29 is 17.7 Å². The van der Waals surface area contributed by atoms with Crippen LogP contribution in [0.5, 0.6) is 5.75 Å². The second-order valence-corrected chi connectivity index (χ2v) is 7.18. The van der Waals surface area contributed by atoms with E-state index in [1.807, 2.05) is 13.0 Å². The molecule has 1 aromatic heterocycles. The van der Waals surface area contributed by atoms with Crippen molar-refractivity contribution in [1.82, 2.24) is 10.3 Å². The number of aryl methyl sites for hydroxylation is 1. The molecular weight excluding hydrogens is 364 g/mol. The maximum atomic E-state index is 10.5. The van der Waals surface area contributed by atoms with Gasteiger partial charge in [0.25, 0.3) is 10.1 Å². The van der Waals surface area contributed by atoms with Gasteiger partial charge in [0.2, 0.25) is 0 Å². The molecule has 0 saturated heterocycles. The van der Waals surface area contributed by atoms with Crippen LogP contribution < -0.4 is 10.1 Å². The largest absolute Gasteiger partial charge is 0.490 e. The number of pyridine rings is 1. The number of hydrogen-bond donors (Lipinski definition) is 2. The zero-order valence-corrected chi connectivity index (χ0v) is 16.0. The number of hydrogen-bond acceptors (Lipinski definition) is 5. The number of likely N-dealkylation sites (N-methyl/N-ethyl adjacent to an activating group) is 1. The van der Waals surface area contributed by atoms with Gasteiger partial charge in [0.05, 0.1) is 11.1 Å². The molecule has 0 amide bonds. The lowest BCUT2D eigenvalue weighted by Gasteiger charge is -2.13. The molecule has 0 aliphatic carbocycles. The fourth-order valence-corrected chi connectivity index (χ4v) is 2.38. The topological polar surface area (TPSA) is 88.5 Å². The summed E-state index contributed by atoms with van der Waals surface area (Å²) in [6.45, 7) is 7.57. The molecule has 0 unspecified atom stereocenters. The maximum Gasteiger partial charge on any atom is 0.294 e. The summed E-state index contributed by atoms with van der Waals surface area (Å²) in [5.74, 6) is 0.749. The molecule has 138 valence electrons. The van der Waals surface area contributed by atoms with Crippen molar-refractivity contribution in [3.8, 4) is 5.75 Å². The third-order valence-electron chi connectivity index (χ3n) is 3.07. The number of rotatable bonds is 6. The zero-order chi connectivity index (χ0) is 18.9. The number of benzene rings is 1. The smallest absolute Gasteiger partial charge is 0.294 e. The molecule has 2 aromatic rings. The van der Waals surface area contributed by atoms with Gasteiger partial charge in [-0.15, -0.1) is 0 Å². The normalized spacial score (nSPS) is 12.0. The molecule has 0 fully saturated rings. The van der Waals surface area contributed by atoms with Gasteiger partial charge in [0, 0.05) is 6.04 Å². The van der Waals surface area contributed by atoms with Crippen LogP contribution in [0.4, 0.5) is 0 Å². The van der Waals surface area contributed by atoms with E-state index in [1.165, 1.54) is 12.1 Å². The Hall–Kier alpha value is -1.67. The van der Waals surface area contributed by atoms with E-state index < -0.39 is 10.1 Å². The first-order valence-corrected chi connectivity index (χ1v) is 9.56. The lowest BCUT2D eigenvalue weighted by molar-refractivity contribution is 0.274. The van der Waals surface area contributed by atoms with Crippen LogP contribution in [0, 0.1) is 6.92 Å². The van der Waals surface area contributed by atoms with Crippen molar-refractivity contribution in [1.29, 1.82) is 0 Å². The highest BCUT2D eigenvalue weighted by Crippen LogP contribution is 2.12. The summed E-state index contributed by atoms with van der Waals surface area (Å²) in [7, 11) is -4.02. The Kier molecular flexibility index (Phi) is 8.85. The van der Waals surface area contributed by atoms with Crippen LogP contribution in [-0.2, 0) is 10.1 Å². The van der Waals surface area contributed by atoms with Gasteiger partial charge >= 0.3 is 0 Å². The van der Waals surface area contributed by atoms with Crippen molar-refractivity contribution in [2.45, 2.75) is 31.7 Å². The Morgan fingerprint density at radius 3 is 2.36 bits per heavy atom. The Labute approximate surface area is 153 Å². The fraction of sp³-hybridized carbons (Fsp3) is 0.353. The Morgan fingerprint density at radius 2 is 1.88 bits per heavy atom. The van der Waals surface area contributed by atoms with Gasteiger partial charge in [-0.05, 0) is 44.7 Å². The second kappa shape index (κ2) is 10.4. The first kappa shape index (κ1) is 21.4. The minimum absolute atomic E-state index is 0.0666. The van der Waals surface area contributed by atoms with E-state index in [-0.39, 0.29) is 4.90 Å². The number of ether oxygens (including phenoxy) is 1. The highest BCUT2D eigenvalue weighted by molar-refractivity contribution is 7.85. The van der Waals surface area contributed by atoms with Crippen molar-refractivity contribution in [3.05, 3.63) is 53.3 Å². The lowest BCUT2D eigenvalue weighted by atomic mass is 10.2. The summed E-state index contributed by atoms with van der Waals surface area (Å²) in [5, 5.41) is 3.74. The lowest BCUT2D eigenvalue weighted by Crippen LogP contribution is -2.31. The van der Waals surface area contributed by atoms with Crippen LogP contribution in [0.15, 0.2) is 47.5 Å². The van der Waals surface area contributed by atoms with E-state index in [9.17, 15) is 8.42 Å². The van der Waals surface area contributed by atoms with Crippen molar-refractivity contribution >= 4 is 21.7 Å². The molecule has 0 saturated carbocycles. The van der Waals surface area contributed by atoms with Crippen molar-refractivity contribution in [3.63, 3.8) is 0 Å². The highest BCUT2D eigenvalue weighted by Gasteiger charge is 2.06. The quantitative estimate of drug-likeness (QED) is 0.584. The SMILES string of the molecule is CCN[C@H](C)COc1ccc(Cl)nc1.Cc1ccc(S(=O)(=O)O)cc1. The molecule has 1 heterocycles. The van der Waals surface area contributed by atoms with Gasteiger partial charge in [-0.2, -0.15) is 8.42 Å². The van der Waals surface area contributed by atoms with E-state index in [1.54, 1.807) is 24.4 Å². The number of aromatic nitrogens is 1. The van der Waals surface area contributed by atoms with Gasteiger partial charge < -0.3 is 10.1 Å². The fourth-order valence-electron chi connectivity index (χ4n) is 1.79. The summed E-state index contributed by atoms with van der Waals surface area (Å²) >= 11 is 5.65. The standard InChI is InChI=1S/C10H15ClN2O.C7H8O3S/c1-3-12-8(2)7-14-9-4-5-10(11)13-6-9;1-6-2-4-7(5-3-6)11(8,9)10/h4-6,8,12H,3,7H2,1-2H3;2-5H,1H3,(H,8,9,10)/t8-;/m1./s1. The predicted molar refractivity (Wildman–Crippen MR) is 98.9 cm³/mol. The van der Waals surface area contributed by atoms with Gasteiger partial charge in [-0.25, -0.2) is 4.98 Å². The van der Waals surface area contributed by atoms with Crippen LogP contribution in [0.25, 0.3) is 0 Å². The minimum atomic E-state index is -4.02. The summed E-state index contributed by atoms with van der Waals surface area (Å²) in [6.07, 6.45) is 1.63. The molecule has 1 atom stereocenters. The van der Waals surface area contributed by atoms with Gasteiger partial charge in [-0.3, -0.25) is 4.55 Å². The van der Waals surface area contributed by atoms with Crippen LogP contribution in [0.3, 0.4) is 0 Å². The van der Waals surface area contributed by atoms with E-state index in [0.717, 1.165) is 17.9 Å². The Morgan fingerprint density at radius 1 is 1.24 bits per heavy atom. The highest BCUT2D eigenvalue weighted by atomic mass is 35.5. The third kappa shape index (κ3) is 8.83. The van der Waals surface area contributed by atoms with E-state index in [0.29, 0.717) is 17.8 Å². The summed E-state index contributed by atoms with van der Waals surface area (Å²) < 4.78 is 35.0. The monoisotopic (exact) mass is 386 g/mol. The second-order valence-electron chi connectivity index (χ2n) is 5.37. The minimum Gasteiger partial charge on any atom is -0.490 e. The first-order valence-electron chi connectivity index (χ1n) is 7.74. The van der Waals surface area contributed by atoms with E-state index in [2.05, 4.69) is 24.1 Å². The van der Waals surface area contributed by atoms with Gasteiger partial charge in [0.15, 0.2) is 0 Å². The molecule has 0 spiro atoms. The Balaban J connectivity index is 0.000000257. The third-order valence-corrected chi connectivity index (χ3v) is 4.16. The van der Waals surface area contributed by atoms with Crippen molar-refractivity contribution in [2.75, 3.05) is 13.2 Å². The average molecular weight is 387 g/mol. The number of nitrogens with zero attached hydrogens (tertiary/aromatic N) is 1. The summed E-state index contributed by atoms with van der Waals surface area (Å²) in [6, 6.07) is 9.86. The van der Waals surface area contributed by atoms with Crippen molar-refractivity contribution in [2.24, 2.45) is 0 Å².